The number of sulfone groups is 1. The maximum Gasteiger partial charge on any atom is 0.407 e. The highest BCUT2D eigenvalue weighted by Crippen LogP contribution is 2.20. The molecule has 0 saturated carbocycles. The standard InChI is InChI=1S/C15H22N2O6S2/c1-4-23-15(18)16-12-8-24(19,20)9-13(12)17-25(21,22)14-6-5-10(2)7-11(14)3/h5-7,12-13,17H,4,8-9H2,1-3H3,(H,16,18)/t12-,13-/m0/s1. The highest BCUT2D eigenvalue weighted by Gasteiger charge is 2.41. The summed E-state index contributed by atoms with van der Waals surface area (Å²) in [6.45, 7) is 5.26. The number of aryl methyl sites for hydroxylation is 2. The van der Waals surface area contributed by atoms with Gasteiger partial charge < -0.3 is 10.1 Å². The number of hydrogen-bond donors (Lipinski definition) is 2. The van der Waals surface area contributed by atoms with Crippen molar-refractivity contribution in [2.24, 2.45) is 0 Å². The summed E-state index contributed by atoms with van der Waals surface area (Å²) in [7, 11) is -7.40. The van der Waals surface area contributed by atoms with Gasteiger partial charge in [-0.1, -0.05) is 17.7 Å². The van der Waals surface area contributed by atoms with Crippen LogP contribution in [0.4, 0.5) is 4.79 Å². The van der Waals surface area contributed by atoms with Crippen LogP contribution < -0.4 is 10.0 Å². The number of sulfonamides is 1. The zero-order valence-corrected chi connectivity index (χ0v) is 15.9. The Balaban J connectivity index is 2.24. The van der Waals surface area contributed by atoms with Crippen molar-refractivity contribution in [2.45, 2.75) is 37.8 Å². The summed E-state index contributed by atoms with van der Waals surface area (Å²) in [5, 5.41) is 2.42. The monoisotopic (exact) mass is 390 g/mol. The lowest BCUT2D eigenvalue weighted by Crippen LogP contribution is -2.51. The lowest BCUT2D eigenvalue weighted by molar-refractivity contribution is 0.148. The molecule has 8 nitrogen and oxygen atoms in total. The molecule has 0 unspecified atom stereocenters. The normalized spacial score (nSPS) is 22.5. The first-order valence-electron chi connectivity index (χ1n) is 7.77. The topological polar surface area (TPSA) is 119 Å². The van der Waals surface area contributed by atoms with E-state index in [4.69, 9.17) is 4.74 Å². The minimum atomic E-state index is -3.93. The molecule has 1 aromatic carbocycles. The van der Waals surface area contributed by atoms with Gasteiger partial charge in [0, 0.05) is 0 Å². The molecule has 1 aliphatic rings. The van der Waals surface area contributed by atoms with Gasteiger partial charge >= 0.3 is 6.09 Å². The maximum atomic E-state index is 12.6. The van der Waals surface area contributed by atoms with Crippen LogP contribution in [0.1, 0.15) is 18.1 Å². The molecule has 1 saturated heterocycles. The summed E-state index contributed by atoms with van der Waals surface area (Å²) >= 11 is 0. The molecule has 25 heavy (non-hydrogen) atoms. The zero-order chi connectivity index (χ0) is 18.8. The second-order valence-electron chi connectivity index (χ2n) is 6.04. The van der Waals surface area contributed by atoms with Crippen LogP contribution in [0.2, 0.25) is 0 Å². The molecule has 0 aromatic heterocycles. The van der Waals surface area contributed by atoms with E-state index < -0.39 is 38.0 Å². The number of alkyl carbamates (subject to hydrolysis) is 1. The molecule has 0 spiro atoms. The number of carbonyl (C=O) groups excluding carboxylic acids is 1. The smallest absolute Gasteiger partial charge is 0.407 e. The predicted octanol–water partition coefficient (Wildman–Crippen LogP) is 0.493. The molecule has 10 heteroatoms. The van der Waals surface area contributed by atoms with Crippen molar-refractivity contribution in [3.8, 4) is 0 Å². The first kappa shape index (κ1) is 19.7. The number of amides is 1. The lowest BCUT2D eigenvalue weighted by atomic mass is 10.2. The molecule has 140 valence electrons. The van der Waals surface area contributed by atoms with Crippen LogP contribution in [0.15, 0.2) is 23.1 Å². The Hall–Kier alpha value is -1.65. The molecule has 2 atom stereocenters. The van der Waals surface area contributed by atoms with Gasteiger partial charge in [0.05, 0.1) is 35.1 Å². The average molecular weight is 390 g/mol. The summed E-state index contributed by atoms with van der Waals surface area (Å²) in [4.78, 5) is 11.7. The second-order valence-corrected chi connectivity index (χ2v) is 9.88. The van der Waals surface area contributed by atoms with E-state index in [0.717, 1.165) is 5.56 Å². The summed E-state index contributed by atoms with van der Waals surface area (Å²) in [5.41, 5.74) is 1.48. The summed E-state index contributed by atoms with van der Waals surface area (Å²) < 4.78 is 56.2. The molecule has 1 heterocycles. The van der Waals surface area contributed by atoms with Crippen molar-refractivity contribution in [3.05, 3.63) is 29.3 Å². The Labute approximate surface area is 147 Å². The zero-order valence-electron chi connectivity index (χ0n) is 14.3. The number of nitrogens with one attached hydrogen (secondary N) is 2. The van der Waals surface area contributed by atoms with E-state index in [1.807, 2.05) is 6.92 Å². The largest absolute Gasteiger partial charge is 0.450 e. The number of carbonyl (C=O) groups is 1. The van der Waals surface area contributed by atoms with E-state index in [0.29, 0.717) is 5.56 Å². The van der Waals surface area contributed by atoms with E-state index in [1.54, 1.807) is 26.0 Å². The molecule has 1 aromatic rings. The SMILES string of the molecule is CCOC(=O)N[C@H]1CS(=O)(=O)C[C@@H]1NS(=O)(=O)c1ccc(C)cc1C. The van der Waals surface area contributed by atoms with Crippen molar-refractivity contribution in [3.63, 3.8) is 0 Å². The minimum Gasteiger partial charge on any atom is -0.450 e. The van der Waals surface area contributed by atoms with Gasteiger partial charge in [-0.25, -0.2) is 26.4 Å². The first-order chi connectivity index (χ1) is 11.5. The number of hydrogen-bond acceptors (Lipinski definition) is 6. The molecule has 2 N–H and O–H groups in total. The maximum absolute atomic E-state index is 12.6. The third-order valence-corrected chi connectivity index (χ3v) is 7.24. The average Bonchev–Trinajstić information content (AvgIpc) is 2.71. The van der Waals surface area contributed by atoms with Crippen LogP contribution in [0.5, 0.6) is 0 Å². The number of benzene rings is 1. The van der Waals surface area contributed by atoms with Gasteiger partial charge in [-0.05, 0) is 32.4 Å². The fourth-order valence-electron chi connectivity index (χ4n) is 2.79. The van der Waals surface area contributed by atoms with Crippen LogP contribution in [0.25, 0.3) is 0 Å². The van der Waals surface area contributed by atoms with Gasteiger partial charge in [-0.3, -0.25) is 0 Å². The number of rotatable bonds is 5. The van der Waals surface area contributed by atoms with Crippen LogP contribution in [0, 0.1) is 13.8 Å². The van der Waals surface area contributed by atoms with E-state index in [2.05, 4.69) is 10.0 Å². The van der Waals surface area contributed by atoms with Gasteiger partial charge in [0.25, 0.3) is 0 Å². The summed E-state index contributed by atoms with van der Waals surface area (Å²) in [6, 6.07) is 3.03. The van der Waals surface area contributed by atoms with E-state index in [1.165, 1.54) is 6.07 Å². The fraction of sp³-hybridized carbons (Fsp3) is 0.533. The van der Waals surface area contributed by atoms with Crippen molar-refractivity contribution in [1.29, 1.82) is 0 Å². The Morgan fingerprint density at radius 2 is 1.88 bits per heavy atom. The van der Waals surface area contributed by atoms with Crippen molar-refractivity contribution < 1.29 is 26.4 Å². The van der Waals surface area contributed by atoms with Gasteiger partial charge in [-0.15, -0.1) is 0 Å². The molecular weight excluding hydrogens is 368 g/mol. The van der Waals surface area contributed by atoms with Crippen LogP contribution in [-0.2, 0) is 24.6 Å². The third-order valence-electron chi connectivity index (χ3n) is 3.86. The molecule has 1 fully saturated rings. The quantitative estimate of drug-likeness (QED) is 0.755. The van der Waals surface area contributed by atoms with Crippen molar-refractivity contribution in [1.82, 2.24) is 10.0 Å². The Morgan fingerprint density at radius 3 is 2.48 bits per heavy atom. The van der Waals surface area contributed by atoms with E-state index >= 15 is 0 Å². The molecule has 0 bridgehead atoms. The molecular formula is C15H22N2O6S2. The second kappa shape index (κ2) is 7.30. The van der Waals surface area contributed by atoms with Crippen LogP contribution in [-0.4, -0.2) is 53.1 Å². The molecule has 0 radical (unpaired) electrons. The fourth-order valence-corrected chi connectivity index (χ4v) is 6.26. The predicted molar refractivity (Wildman–Crippen MR) is 92.6 cm³/mol. The molecule has 0 aliphatic carbocycles. The van der Waals surface area contributed by atoms with Gasteiger partial charge in [0.1, 0.15) is 0 Å². The van der Waals surface area contributed by atoms with Crippen molar-refractivity contribution >= 4 is 26.0 Å². The van der Waals surface area contributed by atoms with E-state index in [-0.39, 0.29) is 23.0 Å². The highest BCUT2D eigenvalue weighted by molar-refractivity contribution is 7.92. The van der Waals surface area contributed by atoms with Crippen molar-refractivity contribution in [2.75, 3.05) is 18.1 Å². The molecule has 1 aliphatic heterocycles. The minimum absolute atomic E-state index is 0.0808. The van der Waals surface area contributed by atoms with Crippen LogP contribution >= 0.6 is 0 Å². The van der Waals surface area contributed by atoms with Gasteiger partial charge in [0.15, 0.2) is 9.84 Å². The third kappa shape index (κ3) is 4.93. The van der Waals surface area contributed by atoms with Gasteiger partial charge in [0.2, 0.25) is 10.0 Å². The molecule has 2 rings (SSSR count). The lowest BCUT2D eigenvalue weighted by Gasteiger charge is -2.21. The van der Waals surface area contributed by atoms with Crippen LogP contribution in [0.3, 0.4) is 0 Å². The summed E-state index contributed by atoms with van der Waals surface area (Å²) in [5.74, 6) is -0.722. The number of ether oxygens (including phenoxy) is 1. The first-order valence-corrected chi connectivity index (χ1v) is 11.1. The Kier molecular flexibility index (Phi) is 5.75. The van der Waals surface area contributed by atoms with Gasteiger partial charge in [-0.2, -0.15) is 0 Å². The highest BCUT2D eigenvalue weighted by atomic mass is 32.2. The van der Waals surface area contributed by atoms with E-state index in [9.17, 15) is 21.6 Å². The Bertz CT molecular complexity index is 864. The Morgan fingerprint density at radius 1 is 1.24 bits per heavy atom. The summed E-state index contributed by atoms with van der Waals surface area (Å²) in [6.07, 6.45) is -0.777. The molecule has 1 amide bonds.